The Labute approximate surface area is 823 Å². The first-order valence-electron chi connectivity index (χ1n) is 54.7. The Bertz CT molecular complexity index is 4900. The van der Waals surface area contributed by atoms with E-state index >= 15 is 0 Å². The Balaban J connectivity index is 0.000000110. The molecule has 40 atom stereocenters. The second-order valence-corrected chi connectivity index (χ2v) is 51.6. The number of carbonyl (C=O) groups excluding carboxylic acids is 1. The summed E-state index contributed by atoms with van der Waals surface area (Å²) < 4.78 is 5.40. The van der Waals surface area contributed by atoms with E-state index in [2.05, 4.69) is 83.1 Å². The minimum atomic E-state index is -0.455. The van der Waals surface area contributed by atoms with Crippen LogP contribution in [-0.2, 0) is 9.53 Å². The summed E-state index contributed by atoms with van der Waals surface area (Å²) in [5.41, 5.74) is 22.0. The lowest BCUT2D eigenvalue weighted by atomic mass is 9.51. The Hall–Kier alpha value is -4.69. The molecule has 20 nitrogen and oxygen atoms in total. The van der Waals surface area contributed by atoms with Crippen molar-refractivity contribution in [1.29, 1.82) is 0 Å². The molecule has 0 heterocycles. The SMILES string of the molecule is C.CC(=O)OC1=C(O)CC2C3C(CC[C@]12C)C1=C(C[C@@H](O)CC1)C[C@@H]3O.CC1=C(O)[C@@]2(C)CCC3C4=C(C[C@@H](O)CC4)C[C@H](O)C3C2C1.C[C@@H]1CC2=C3C(CC[C@]2(C)[C@H]1O)[C@@]1(C)CC[C@H](O)C=C1C[C@@H]3O.C[C@@H]1CC2C3=C(CC[C@]2(C)[C@H]1O)C1CC[C@H](O)C=C1C[C@@H]3O.C[C@H]1[C@H](O)CC2=C3C(CC[C@@]21C)[C@@]1(C)CC[C@H](O)C=C1C[C@@H]3O.C[C@H]1[C@H](O)CC2C3=C(CC[C@@]21C)C1CC[C@H](O)C=C1C[C@@H]3O. The number of aliphatic hydroxyl groups excluding tert-OH is 18. The maximum atomic E-state index is 11.5. The van der Waals surface area contributed by atoms with Crippen molar-refractivity contribution in [3.05, 3.63) is 136 Å². The summed E-state index contributed by atoms with van der Waals surface area (Å²) in [5.74, 6) is 5.95. The van der Waals surface area contributed by atoms with Gasteiger partial charge in [0.2, 0.25) is 0 Å². The van der Waals surface area contributed by atoms with Gasteiger partial charge in [-0.05, 0) is 377 Å². The number of hydrogen-bond acceptors (Lipinski definition) is 20. The molecule has 20 heteroatoms. The average molecular weight is 1910 g/mol. The van der Waals surface area contributed by atoms with Gasteiger partial charge in [0.1, 0.15) is 5.76 Å². The molecule has 138 heavy (non-hydrogen) atoms. The van der Waals surface area contributed by atoms with E-state index < -0.39 is 36.5 Å². The summed E-state index contributed by atoms with van der Waals surface area (Å²) in [7, 11) is 0. The molecule has 24 rings (SSSR count). The second-order valence-electron chi connectivity index (χ2n) is 51.6. The van der Waals surface area contributed by atoms with Gasteiger partial charge in [-0.2, -0.15) is 0 Å². The molecule has 0 aromatic carbocycles. The lowest BCUT2D eigenvalue weighted by Gasteiger charge is -2.54. The molecule has 768 valence electrons. The van der Waals surface area contributed by atoms with E-state index in [-0.39, 0.29) is 153 Å². The molecule has 0 bridgehead atoms. The minimum Gasteiger partial charge on any atom is -0.512 e. The summed E-state index contributed by atoms with van der Waals surface area (Å²) in [4.78, 5) is 11.5. The highest BCUT2D eigenvalue weighted by Crippen LogP contribution is 2.71. The Morgan fingerprint density at radius 1 is 0.362 bits per heavy atom. The molecule has 8 saturated carbocycles. The number of allylic oxidation sites excluding steroid dienone is 8. The van der Waals surface area contributed by atoms with Gasteiger partial charge >= 0.3 is 5.97 Å². The molecule has 0 aromatic rings. The van der Waals surface area contributed by atoms with Crippen LogP contribution in [0.5, 0.6) is 0 Å². The highest BCUT2D eigenvalue weighted by atomic mass is 16.5. The molecule has 0 radical (unpaired) electrons. The number of aliphatic hydroxyl groups is 18. The number of carbonyl (C=O) groups is 1. The Kier molecular flexibility index (Phi) is 28.4. The molecule has 0 spiro atoms. The van der Waals surface area contributed by atoms with Gasteiger partial charge in [0.15, 0.2) is 5.76 Å². The van der Waals surface area contributed by atoms with Crippen LogP contribution in [-0.4, -0.2) is 196 Å². The molecular formula is C118H176O20. The third-order valence-corrected chi connectivity index (χ3v) is 44.6. The van der Waals surface area contributed by atoms with Crippen molar-refractivity contribution in [2.45, 2.75) is 446 Å². The molecule has 0 aliphatic heterocycles. The zero-order valence-electron chi connectivity index (χ0n) is 85.0. The van der Waals surface area contributed by atoms with Gasteiger partial charge in [-0.3, -0.25) is 4.79 Å². The number of ether oxygens (including phenoxy) is 1. The molecule has 24 aliphatic rings. The van der Waals surface area contributed by atoms with E-state index in [0.29, 0.717) is 122 Å². The van der Waals surface area contributed by atoms with E-state index in [1.54, 1.807) is 5.57 Å². The zero-order chi connectivity index (χ0) is 98.0. The van der Waals surface area contributed by atoms with Crippen molar-refractivity contribution in [2.75, 3.05) is 0 Å². The van der Waals surface area contributed by atoms with Gasteiger partial charge in [0.25, 0.3) is 0 Å². The third kappa shape index (κ3) is 16.9. The van der Waals surface area contributed by atoms with Crippen molar-refractivity contribution >= 4 is 5.97 Å². The van der Waals surface area contributed by atoms with Crippen LogP contribution in [0, 0.1) is 138 Å². The van der Waals surface area contributed by atoms with Crippen LogP contribution >= 0.6 is 0 Å². The van der Waals surface area contributed by atoms with Crippen LogP contribution < -0.4 is 0 Å². The molecular weight excluding hydrogens is 1740 g/mol. The fourth-order valence-corrected chi connectivity index (χ4v) is 36.5. The van der Waals surface area contributed by atoms with Crippen molar-refractivity contribution in [1.82, 2.24) is 0 Å². The summed E-state index contributed by atoms with van der Waals surface area (Å²) in [6.07, 6.45) is 36.3. The maximum absolute atomic E-state index is 11.5. The molecule has 0 saturated heterocycles. The van der Waals surface area contributed by atoms with Crippen LogP contribution in [0.3, 0.4) is 0 Å². The van der Waals surface area contributed by atoms with Gasteiger partial charge < -0.3 is 96.7 Å². The first kappa shape index (κ1) is 103. The lowest BCUT2D eigenvalue weighted by molar-refractivity contribution is -0.140. The summed E-state index contributed by atoms with van der Waals surface area (Å²) in [5, 5.41) is 188. The first-order valence-corrected chi connectivity index (χ1v) is 54.7. The average Bonchev–Trinajstić information content (AvgIpc) is 0.963. The smallest absolute Gasteiger partial charge is 0.307 e. The summed E-state index contributed by atoms with van der Waals surface area (Å²) in [6.45, 7) is 30.0. The highest BCUT2D eigenvalue weighted by molar-refractivity contribution is 5.68. The number of esters is 1. The fraction of sp³-hybridized carbons (Fsp3) is 0.788. The topological polar surface area (TPSA) is 390 Å². The largest absolute Gasteiger partial charge is 0.512 e. The van der Waals surface area contributed by atoms with Crippen molar-refractivity contribution in [3.8, 4) is 0 Å². The monoisotopic (exact) mass is 1910 g/mol. The summed E-state index contributed by atoms with van der Waals surface area (Å²) >= 11 is 0. The number of rotatable bonds is 1. The second kappa shape index (κ2) is 37.9. The highest BCUT2D eigenvalue weighted by Gasteiger charge is 2.65. The van der Waals surface area contributed by atoms with E-state index in [4.69, 9.17) is 4.74 Å². The molecule has 8 fully saturated rings. The van der Waals surface area contributed by atoms with Crippen molar-refractivity contribution in [3.63, 3.8) is 0 Å². The van der Waals surface area contributed by atoms with Crippen LogP contribution in [0.4, 0.5) is 0 Å². The Morgan fingerprint density at radius 3 is 1.31 bits per heavy atom. The quantitative estimate of drug-likeness (QED) is 0.0856. The summed E-state index contributed by atoms with van der Waals surface area (Å²) in [6, 6.07) is 0. The molecule has 18 N–H and O–H groups in total. The predicted octanol–water partition coefficient (Wildman–Crippen LogP) is 18.1. The zero-order valence-corrected chi connectivity index (χ0v) is 85.0. The first-order chi connectivity index (χ1) is 64.6. The maximum Gasteiger partial charge on any atom is 0.307 e. The van der Waals surface area contributed by atoms with E-state index in [9.17, 15) is 96.7 Å². The molecule has 24 aliphatic carbocycles. The van der Waals surface area contributed by atoms with E-state index in [0.717, 1.165) is 205 Å². The van der Waals surface area contributed by atoms with Crippen LogP contribution in [0.2, 0.25) is 0 Å². The van der Waals surface area contributed by atoms with Crippen molar-refractivity contribution < 1.29 is 101 Å². The van der Waals surface area contributed by atoms with Gasteiger partial charge in [-0.1, -0.05) is 182 Å². The Morgan fingerprint density at radius 2 is 0.804 bits per heavy atom. The molecule has 12 unspecified atom stereocenters. The molecule has 0 amide bonds. The van der Waals surface area contributed by atoms with Crippen LogP contribution in [0.15, 0.2) is 136 Å². The fourth-order valence-electron chi connectivity index (χ4n) is 36.5. The number of fused-ring (bicyclic) bond motifs is 24. The van der Waals surface area contributed by atoms with Crippen LogP contribution in [0.1, 0.15) is 348 Å². The molecule has 0 aromatic heterocycles. The number of hydrogen-bond donors (Lipinski definition) is 18. The van der Waals surface area contributed by atoms with Crippen molar-refractivity contribution in [2.24, 2.45) is 138 Å². The normalized spacial score (nSPS) is 49.3. The van der Waals surface area contributed by atoms with E-state index in [1.165, 1.54) is 90.5 Å². The predicted molar refractivity (Wildman–Crippen MR) is 533 cm³/mol. The van der Waals surface area contributed by atoms with Gasteiger partial charge in [0.05, 0.1) is 103 Å². The standard InChI is InChI=1S/C20H28O5.2C20H30O3.3C19H28O3.CH4/c1-10(21)25-19-17(24)9-15-18-14(5-6-20(15,19)2)13-4-3-12(22)7-11(13)8-16(18)23;1-11-16(22)10-15-18-14(5-7-19(11,15)2)20(3)6-4-13(21)8-12(20)9-17(18)23;1-11-8-15-17-14(5-7-20(15,3)18(11)23)19(2)6-4-13(21)9-12(19)10-16(17)22;1-10-16(21)9-15-18-14(5-6-19(10,15)2)13-4-3-12(20)7-11(13)8-17(18)22;2*1-10-7-15-17-14(5-6-19(15,2)18(10)22)13-4-3-12(20)8-11(13)9-16(17)21;/h12,14-16,18,22-24H,3-9H2,1-2H3;8,11,13-14,16-17,21-23H,4-7,9-10H2,1-3H3;9,11,13-14,16,18,21-23H,4-8,10H2,1-3H3;7,10,12-13,15-17,20-22H,3-6,8-9H2,1-2H3;12,14-17,20-22H,3-9H2,1-2H3;8,10,12-13,15-16,18,20-22H,3-7,9H2,1-2H3;1H4/t12-,14?,15?,16-,18?,20-;11-,13-,14?,16+,17-,19+,20-;11-,13+,14?,16+,18+,19+,20+;10-,12-,13?,15?,16+,17-,19+;12-,14?,15?,16-,17?,19-;10-,12+,13?,15?,16+,18+,19+;/m001001./s1. The lowest BCUT2D eigenvalue weighted by Crippen LogP contribution is -2.49. The van der Waals surface area contributed by atoms with Crippen LogP contribution in [0.25, 0.3) is 0 Å². The van der Waals surface area contributed by atoms with Gasteiger partial charge in [-0.25, -0.2) is 0 Å². The minimum absolute atomic E-state index is 0. The third-order valence-electron chi connectivity index (χ3n) is 44.6. The van der Waals surface area contributed by atoms with E-state index in [1.807, 2.05) is 31.2 Å². The van der Waals surface area contributed by atoms with Gasteiger partial charge in [-0.15, -0.1) is 0 Å². The van der Waals surface area contributed by atoms with Gasteiger partial charge in [0, 0.05) is 46.8 Å².